The van der Waals surface area contributed by atoms with Crippen LogP contribution in [0.3, 0.4) is 0 Å². The lowest BCUT2D eigenvalue weighted by Crippen LogP contribution is -2.15. The van der Waals surface area contributed by atoms with Crippen LogP contribution in [0.5, 0.6) is 0 Å². The second kappa shape index (κ2) is 7.79. The first-order valence-corrected chi connectivity index (χ1v) is 8.98. The summed E-state index contributed by atoms with van der Waals surface area (Å²) in [6.07, 6.45) is 1.68. The van der Waals surface area contributed by atoms with E-state index in [1.54, 1.807) is 6.20 Å². The molecule has 2 aromatic carbocycles. The molecule has 0 bridgehead atoms. The Morgan fingerprint density at radius 1 is 1.20 bits per heavy atom. The number of hydrogen-bond donors (Lipinski definition) is 2. The number of H-pyrrole nitrogens is 1. The summed E-state index contributed by atoms with van der Waals surface area (Å²) in [6, 6.07) is 10.6. The van der Waals surface area contributed by atoms with E-state index in [0.29, 0.717) is 5.16 Å². The van der Waals surface area contributed by atoms with Crippen molar-refractivity contribution in [3.8, 4) is 11.3 Å². The van der Waals surface area contributed by atoms with Gasteiger partial charge in [0, 0.05) is 10.5 Å². The zero-order chi connectivity index (χ0) is 17.8. The molecule has 0 aliphatic carbocycles. The molecule has 1 aromatic heterocycles. The van der Waals surface area contributed by atoms with Gasteiger partial charge in [-0.2, -0.15) is 0 Å². The summed E-state index contributed by atoms with van der Waals surface area (Å²) in [5, 5.41) is 2.91. The normalized spacial score (nSPS) is 10.7. The number of carbonyl (C=O) groups excluding carboxylic acids is 1. The largest absolute Gasteiger partial charge is 0.333 e. The first-order chi connectivity index (χ1) is 12.0. The molecule has 2 N–H and O–H groups in total. The van der Waals surface area contributed by atoms with Gasteiger partial charge in [-0.15, -0.1) is 0 Å². The van der Waals surface area contributed by atoms with Gasteiger partial charge in [0.05, 0.1) is 23.3 Å². The lowest BCUT2D eigenvalue weighted by atomic mass is 10.2. The maximum Gasteiger partial charge on any atom is 0.234 e. The van der Waals surface area contributed by atoms with Gasteiger partial charge in [0.15, 0.2) is 5.16 Å². The number of hydrogen-bond acceptors (Lipinski definition) is 3. The number of anilines is 1. The average molecular weight is 424 g/mol. The molecule has 0 spiro atoms. The number of nitrogens with zero attached hydrogens (tertiary/aromatic N) is 1. The van der Waals surface area contributed by atoms with Crippen LogP contribution in [0, 0.1) is 11.6 Å². The summed E-state index contributed by atoms with van der Waals surface area (Å²) in [4.78, 5) is 19.2. The van der Waals surface area contributed by atoms with E-state index in [1.807, 2.05) is 24.3 Å². The Labute approximate surface area is 155 Å². The van der Waals surface area contributed by atoms with Crippen molar-refractivity contribution in [2.75, 3.05) is 11.1 Å². The number of carbonyl (C=O) groups is 1. The van der Waals surface area contributed by atoms with Crippen LogP contribution in [-0.2, 0) is 4.79 Å². The van der Waals surface area contributed by atoms with E-state index in [-0.39, 0.29) is 11.4 Å². The van der Waals surface area contributed by atoms with Gasteiger partial charge in [-0.05, 0) is 29.8 Å². The van der Waals surface area contributed by atoms with Gasteiger partial charge in [0.2, 0.25) is 5.91 Å². The summed E-state index contributed by atoms with van der Waals surface area (Å²) in [6.45, 7) is 0. The van der Waals surface area contributed by atoms with Crippen molar-refractivity contribution in [1.29, 1.82) is 0 Å². The van der Waals surface area contributed by atoms with E-state index in [0.717, 1.165) is 33.9 Å². The van der Waals surface area contributed by atoms with Gasteiger partial charge in [-0.1, -0.05) is 39.8 Å². The highest BCUT2D eigenvalue weighted by Crippen LogP contribution is 2.23. The van der Waals surface area contributed by atoms with Crippen molar-refractivity contribution in [2.45, 2.75) is 5.16 Å². The van der Waals surface area contributed by atoms with Crippen LogP contribution in [0.2, 0.25) is 0 Å². The number of nitrogens with one attached hydrogen (secondary N) is 2. The molecule has 0 radical (unpaired) electrons. The lowest BCUT2D eigenvalue weighted by Gasteiger charge is -2.05. The molecule has 8 heteroatoms. The zero-order valence-corrected chi connectivity index (χ0v) is 15.1. The van der Waals surface area contributed by atoms with Gasteiger partial charge in [0.25, 0.3) is 0 Å². The summed E-state index contributed by atoms with van der Waals surface area (Å²) >= 11 is 4.55. The third kappa shape index (κ3) is 4.67. The summed E-state index contributed by atoms with van der Waals surface area (Å²) < 4.78 is 27.6. The van der Waals surface area contributed by atoms with Crippen molar-refractivity contribution in [3.05, 3.63) is 64.8 Å². The number of halogens is 3. The van der Waals surface area contributed by atoms with E-state index in [9.17, 15) is 13.6 Å². The van der Waals surface area contributed by atoms with Crippen LogP contribution >= 0.6 is 27.7 Å². The van der Waals surface area contributed by atoms with Gasteiger partial charge < -0.3 is 10.3 Å². The van der Waals surface area contributed by atoms with Crippen molar-refractivity contribution >= 4 is 39.3 Å². The SMILES string of the molecule is O=C(CSc1ncc(-c2ccc(Br)cc2)[nH]1)Nc1cc(F)ccc1F. The first-order valence-electron chi connectivity index (χ1n) is 7.20. The van der Waals surface area contributed by atoms with Gasteiger partial charge in [0.1, 0.15) is 11.6 Å². The van der Waals surface area contributed by atoms with Crippen molar-refractivity contribution in [2.24, 2.45) is 0 Å². The highest BCUT2D eigenvalue weighted by molar-refractivity contribution is 9.10. The number of benzene rings is 2. The van der Waals surface area contributed by atoms with E-state index in [2.05, 4.69) is 31.2 Å². The fourth-order valence-corrected chi connectivity index (χ4v) is 2.98. The van der Waals surface area contributed by atoms with Crippen LogP contribution in [0.1, 0.15) is 0 Å². The van der Waals surface area contributed by atoms with E-state index >= 15 is 0 Å². The Bertz CT molecular complexity index is 899. The lowest BCUT2D eigenvalue weighted by molar-refractivity contribution is -0.113. The van der Waals surface area contributed by atoms with Crippen LogP contribution < -0.4 is 5.32 Å². The number of imidazole rings is 1. The average Bonchev–Trinajstić information content (AvgIpc) is 3.06. The van der Waals surface area contributed by atoms with Crippen LogP contribution in [0.4, 0.5) is 14.5 Å². The highest BCUT2D eigenvalue weighted by atomic mass is 79.9. The highest BCUT2D eigenvalue weighted by Gasteiger charge is 2.10. The molecule has 3 rings (SSSR count). The molecule has 25 heavy (non-hydrogen) atoms. The monoisotopic (exact) mass is 423 g/mol. The van der Waals surface area contributed by atoms with Gasteiger partial charge in [-0.25, -0.2) is 13.8 Å². The number of aromatic nitrogens is 2. The fourth-order valence-electron chi connectivity index (χ4n) is 2.07. The molecule has 0 saturated carbocycles. The van der Waals surface area contributed by atoms with Crippen LogP contribution in [0.25, 0.3) is 11.3 Å². The van der Waals surface area contributed by atoms with Gasteiger partial charge in [-0.3, -0.25) is 4.79 Å². The van der Waals surface area contributed by atoms with Crippen molar-refractivity contribution in [3.63, 3.8) is 0 Å². The minimum atomic E-state index is -0.685. The third-order valence-electron chi connectivity index (χ3n) is 3.25. The molecule has 0 saturated heterocycles. The first kappa shape index (κ1) is 17.6. The molecule has 0 unspecified atom stereocenters. The maximum absolute atomic E-state index is 13.5. The summed E-state index contributed by atoms with van der Waals surface area (Å²) in [5.74, 6) is -1.73. The predicted molar refractivity (Wildman–Crippen MR) is 97.4 cm³/mol. The Morgan fingerprint density at radius 2 is 1.96 bits per heavy atom. The van der Waals surface area contributed by atoms with Gasteiger partial charge >= 0.3 is 0 Å². The Hall–Kier alpha value is -2.19. The molecular formula is C17H12BrF2N3OS. The van der Waals surface area contributed by atoms with Crippen LogP contribution in [-0.4, -0.2) is 21.6 Å². The number of rotatable bonds is 5. The summed E-state index contributed by atoms with van der Waals surface area (Å²) in [7, 11) is 0. The zero-order valence-electron chi connectivity index (χ0n) is 12.7. The molecule has 3 aromatic rings. The number of aromatic amines is 1. The number of amides is 1. The van der Waals surface area contributed by atoms with Crippen molar-refractivity contribution in [1.82, 2.24) is 9.97 Å². The molecule has 1 heterocycles. The third-order valence-corrected chi connectivity index (χ3v) is 4.67. The van der Waals surface area contributed by atoms with E-state index in [1.165, 1.54) is 11.8 Å². The standard InChI is InChI=1S/C17H12BrF2N3OS/c18-11-3-1-10(2-4-11)15-8-21-17(23-15)25-9-16(24)22-14-7-12(19)5-6-13(14)20/h1-8H,9H2,(H,21,23)(H,22,24). The minimum absolute atomic E-state index is 0.0171. The molecule has 0 aliphatic heterocycles. The maximum atomic E-state index is 13.5. The molecule has 0 atom stereocenters. The fraction of sp³-hybridized carbons (Fsp3) is 0.0588. The quantitative estimate of drug-likeness (QED) is 0.576. The Morgan fingerprint density at radius 3 is 2.72 bits per heavy atom. The van der Waals surface area contributed by atoms with Crippen LogP contribution in [0.15, 0.2) is 58.3 Å². The number of thioether (sulfide) groups is 1. The molecular weight excluding hydrogens is 412 g/mol. The molecule has 0 aliphatic rings. The van der Waals surface area contributed by atoms with E-state index in [4.69, 9.17) is 0 Å². The minimum Gasteiger partial charge on any atom is -0.333 e. The molecule has 1 amide bonds. The second-order valence-corrected chi connectivity index (χ2v) is 6.95. The Kier molecular flexibility index (Phi) is 5.50. The Balaban J connectivity index is 1.59. The topological polar surface area (TPSA) is 57.8 Å². The molecule has 0 fully saturated rings. The predicted octanol–water partition coefficient (Wildman–Crippen LogP) is 4.85. The molecule has 128 valence electrons. The smallest absolute Gasteiger partial charge is 0.234 e. The second-order valence-electron chi connectivity index (χ2n) is 5.07. The van der Waals surface area contributed by atoms with E-state index < -0.39 is 17.5 Å². The van der Waals surface area contributed by atoms with Crippen molar-refractivity contribution < 1.29 is 13.6 Å². The molecule has 4 nitrogen and oxygen atoms in total. The summed E-state index contributed by atoms with van der Waals surface area (Å²) in [5.41, 5.74) is 1.61.